The molecule has 0 spiro atoms. The molecule has 0 aliphatic carbocycles. The largest absolute Gasteiger partial charge is 0.396 e. The summed E-state index contributed by atoms with van der Waals surface area (Å²) in [6, 6.07) is 0. The second-order valence-electron chi connectivity index (χ2n) is 5.14. The Balaban J connectivity index is 2.13. The number of rotatable bonds is 7. The Bertz CT molecular complexity index is 236. The van der Waals surface area contributed by atoms with Crippen LogP contribution in [0.15, 0.2) is 0 Å². The van der Waals surface area contributed by atoms with E-state index in [1.807, 2.05) is 11.8 Å². The maximum absolute atomic E-state index is 11.7. The Morgan fingerprint density at radius 2 is 1.88 bits per heavy atom. The van der Waals surface area contributed by atoms with Crippen molar-refractivity contribution in [1.29, 1.82) is 0 Å². The molecular formula is C12H24N2O3. The van der Waals surface area contributed by atoms with E-state index in [0.717, 1.165) is 25.9 Å². The molecular weight excluding hydrogens is 220 g/mol. The summed E-state index contributed by atoms with van der Waals surface area (Å²) in [6.07, 6.45) is 2.73. The van der Waals surface area contributed by atoms with Crippen LogP contribution in [-0.4, -0.2) is 60.4 Å². The number of nitrogens with zero attached hydrogens (tertiary/aromatic N) is 1. The van der Waals surface area contributed by atoms with E-state index in [-0.39, 0.29) is 19.1 Å². The fraction of sp³-hybridized carbons (Fsp3) is 0.917. The maximum atomic E-state index is 11.7. The number of amides is 1. The van der Waals surface area contributed by atoms with Gasteiger partial charge in [-0.05, 0) is 12.8 Å². The van der Waals surface area contributed by atoms with Crippen LogP contribution in [0.3, 0.4) is 0 Å². The number of carbonyl (C=O) groups is 1. The van der Waals surface area contributed by atoms with Gasteiger partial charge in [0.15, 0.2) is 0 Å². The van der Waals surface area contributed by atoms with Crippen LogP contribution in [0.25, 0.3) is 0 Å². The van der Waals surface area contributed by atoms with Crippen LogP contribution in [0.5, 0.6) is 0 Å². The zero-order chi connectivity index (χ0) is 12.7. The van der Waals surface area contributed by atoms with Gasteiger partial charge in [0, 0.05) is 38.0 Å². The van der Waals surface area contributed by atoms with E-state index in [1.165, 1.54) is 0 Å². The summed E-state index contributed by atoms with van der Waals surface area (Å²) in [6.45, 7) is 4.60. The third kappa shape index (κ3) is 4.61. The van der Waals surface area contributed by atoms with E-state index in [0.29, 0.717) is 19.5 Å². The van der Waals surface area contributed by atoms with Gasteiger partial charge in [-0.15, -0.1) is 0 Å². The topological polar surface area (TPSA) is 72.8 Å². The van der Waals surface area contributed by atoms with Gasteiger partial charge in [-0.25, -0.2) is 0 Å². The molecule has 0 unspecified atom stereocenters. The molecule has 0 saturated carbocycles. The highest BCUT2D eigenvalue weighted by atomic mass is 16.3. The molecule has 0 aromatic carbocycles. The Morgan fingerprint density at radius 3 is 2.41 bits per heavy atom. The summed E-state index contributed by atoms with van der Waals surface area (Å²) in [5.41, 5.74) is -0.503. The Hall–Kier alpha value is -0.650. The molecule has 0 radical (unpaired) electrons. The molecule has 0 aromatic rings. The van der Waals surface area contributed by atoms with Crippen molar-refractivity contribution in [3.05, 3.63) is 0 Å². The summed E-state index contributed by atoms with van der Waals surface area (Å²) >= 11 is 0. The average molecular weight is 244 g/mol. The molecule has 17 heavy (non-hydrogen) atoms. The van der Waals surface area contributed by atoms with Crippen LogP contribution in [0.2, 0.25) is 0 Å². The number of carbonyl (C=O) groups excluding carboxylic acids is 1. The van der Waals surface area contributed by atoms with E-state index in [9.17, 15) is 4.79 Å². The predicted molar refractivity (Wildman–Crippen MR) is 65.6 cm³/mol. The van der Waals surface area contributed by atoms with Gasteiger partial charge in [0.25, 0.3) is 0 Å². The average Bonchev–Trinajstić information content (AvgIpc) is 2.88. The predicted octanol–water partition coefficient (Wildman–Crippen LogP) is -0.421. The zero-order valence-electron chi connectivity index (χ0n) is 10.6. The molecule has 5 nitrogen and oxygen atoms in total. The summed E-state index contributed by atoms with van der Waals surface area (Å²) in [5, 5.41) is 21.3. The van der Waals surface area contributed by atoms with Crippen molar-refractivity contribution >= 4 is 5.91 Å². The van der Waals surface area contributed by atoms with Crippen molar-refractivity contribution in [3.63, 3.8) is 0 Å². The highest BCUT2D eigenvalue weighted by Crippen LogP contribution is 2.12. The minimum Gasteiger partial charge on any atom is -0.396 e. The lowest BCUT2D eigenvalue weighted by Gasteiger charge is -2.25. The van der Waals surface area contributed by atoms with Gasteiger partial charge in [-0.2, -0.15) is 0 Å². The highest BCUT2D eigenvalue weighted by Gasteiger charge is 2.22. The monoisotopic (exact) mass is 244 g/mol. The number of hydrogen-bond acceptors (Lipinski definition) is 4. The molecule has 1 saturated heterocycles. The van der Waals surface area contributed by atoms with Crippen molar-refractivity contribution in [3.8, 4) is 0 Å². The number of likely N-dealkylation sites (tertiary alicyclic amines) is 1. The Kier molecular flexibility index (Phi) is 5.88. The molecule has 100 valence electrons. The molecule has 1 aliphatic heterocycles. The second kappa shape index (κ2) is 6.93. The van der Waals surface area contributed by atoms with Gasteiger partial charge < -0.3 is 20.4 Å². The molecule has 3 N–H and O–H groups in total. The molecule has 1 amide bonds. The highest BCUT2D eigenvalue weighted by molar-refractivity contribution is 5.76. The Labute approximate surface area is 103 Å². The third-order valence-electron chi connectivity index (χ3n) is 3.29. The van der Waals surface area contributed by atoms with Crippen molar-refractivity contribution in [1.82, 2.24) is 10.2 Å². The molecule has 0 atom stereocenters. The van der Waals surface area contributed by atoms with Crippen molar-refractivity contribution in [2.24, 2.45) is 5.41 Å². The van der Waals surface area contributed by atoms with Crippen LogP contribution >= 0.6 is 0 Å². The molecule has 1 heterocycles. The van der Waals surface area contributed by atoms with Gasteiger partial charge in [-0.1, -0.05) is 6.92 Å². The van der Waals surface area contributed by atoms with E-state index in [2.05, 4.69) is 5.32 Å². The SMILES string of the molecule is CC(CO)(CO)CNCCC(=O)N1CCCC1. The number of nitrogens with one attached hydrogen (secondary N) is 1. The van der Waals surface area contributed by atoms with Crippen molar-refractivity contribution < 1.29 is 15.0 Å². The smallest absolute Gasteiger partial charge is 0.223 e. The first-order valence-electron chi connectivity index (χ1n) is 6.31. The van der Waals surface area contributed by atoms with Gasteiger partial charge in [0.1, 0.15) is 0 Å². The summed E-state index contributed by atoms with van der Waals surface area (Å²) in [7, 11) is 0. The first-order valence-corrected chi connectivity index (χ1v) is 6.31. The number of aliphatic hydroxyl groups excluding tert-OH is 2. The summed E-state index contributed by atoms with van der Waals surface area (Å²) in [5.74, 6) is 0.199. The lowest BCUT2D eigenvalue weighted by molar-refractivity contribution is -0.130. The lowest BCUT2D eigenvalue weighted by atomic mass is 9.93. The van der Waals surface area contributed by atoms with Gasteiger partial charge in [0.2, 0.25) is 5.91 Å². The molecule has 5 heteroatoms. The number of hydrogen-bond donors (Lipinski definition) is 3. The summed E-state index contributed by atoms with van der Waals surface area (Å²) in [4.78, 5) is 13.6. The van der Waals surface area contributed by atoms with Crippen LogP contribution in [0.1, 0.15) is 26.2 Å². The standard InChI is InChI=1S/C12H24N2O3/c1-12(9-15,10-16)8-13-5-4-11(17)14-6-2-3-7-14/h13,15-16H,2-10H2,1H3. The van der Waals surface area contributed by atoms with Gasteiger partial charge in [0.05, 0.1) is 13.2 Å². The molecule has 1 rings (SSSR count). The number of aliphatic hydroxyl groups is 2. The Morgan fingerprint density at radius 1 is 1.29 bits per heavy atom. The fourth-order valence-electron chi connectivity index (χ4n) is 1.87. The van der Waals surface area contributed by atoms with Crippen LogP contribution < -0.4 is 5.32 Å². The van der Waals surface area contributed by atoms with E-state index >= 15 is 0 Å². The minimum absolute atomic E-state index is 0.0590. The van der Waals surface area contributed by atoms with Crippen LogP contribution in [-0.2, 0) is 4.79 Å². The normalized spacial score (nSPS) is 16.5. The van der Waals surface area contributed by atoms with E-state index in [1.54, 1.807) is 0 Å². The fourth-order valence-corrected chi connectivity index (χ4v) is 1.87. The second-order valence-corrected chi connectivity index (χ2v) is 5.14. The zero-order valence-corrected chi connectivity index (χ0v) is 10.6. The van der Waals surface area contributed by atoms with Crippen molar-refractivity contribution in [2.45, 2.75) is 26.2 Å². The lowest BCUT2D eigenvalue weighted by Crippen LogP contribution is -2.39. The molecule has 0 bridgehead atoms. The van der Waals surface area contributed by atoms with Gasteiger partial charge in [-0.3, -0.25) is 4.79 Å². The first-order chi connectivity index (χ1) is 8.11. The van der Waals surface area contributed by atoms with Crippen molar-refractivity contribution in [2.75, 3.05) is 39.4 Å². The van der Waals surface area contributed by atoms with E-state index in [4.69, 9.17) is 10.2 Å². The molecule has 1 fully saturated rings. The van der Waals surface area contributed by atoms with E-state index < -0.39 is 5.41 Å². The quantitative estimate of drug-likeness (QED) is 0.532. The first kappa shape index (κ1) is 14.4. The minimum atomic E-state index is -0.503. The van der Waals surface area contributed by atoms with Crippen LogP contribution in [0, 0.1) is 5.41 Å². The maximum Gasteiger partial charge on any atom is 0.223 e. The molecule has 0 aromatic heterocycles. The third-order valence-corrected chi connectivity index (χ3v) is 3.29. The summed E-state index contributed by atoms with van der Waals surface area (Å²) < 4.78 is 0. The van der Waals surface area contributed by atoms with Gasteiger partial charge >= 0.3 is 0 Å². The molecule has 1 aliphatic rings. The van der Waals surface area contributed by atoms with Crippen LogP contribution in [0.4, 0.5) is 0 Å².